The van der Waals surface area contributed by atoms with Crippen LogP contribution in [0.4, 0.5) is 14.5 Å². The molecule has 104 valence electrons. The molecule has 0 unspecified atom stereocenters. The van der Waals surface area contributed by atoms with Crippen molar-refractivity contribution in [2.75, 3.05) is 11.9 Å². The summed E-state index contributed by atoms with van der Waals surface area (Å²) in [6.07, 6.45) is 0.364. The maximum atomic E-state index is 13.4. The average molecular weight is 275 g/mol. The lowest BCUT2D eigenvalue weighted by molar-refractivity contribution is 0.572. The SMILES string of the molecule is NC(=NCCc1ccc(F)cc1F)Nc1ccccc1. The molecule has 2 rings (SSSR count). The van der Waals surface area contributed by atoms with Gasteiger partial charge in [0, 0.05) is 18.3 Å². The van der Waals surface area contributed by atoms with Crippen LogP contribution in [0.1, 0.15) is 5.56 Å². The molecule has 0 heterocycles. The van der Waals surface area contributed by atoms with E-state index in [9.17, 15) is 8.78 Å². The fraction of sp³-hybridized carbons (Fsp3) is 0.133. The quantitative estimate of drug-likeness (QED) is 0.666. The van der Waals surface area contributed by atoms with E-state index >= 15 is 0 Å². The standard InChI is InChI=1S/C15H15F2N3/c16-12-7-6-11(14(17)10-12)8-9-19-15(18)20-13-4-2-1-3-5-13/h1-7,10H,8-9H2,(H3,18,19,20). The first-order valence-corrected chi connectivity index (χ1v) is 6.21. The molecule has 0 atom stereocenters. The van der Waals surface area contributed by atoms with Gasteiger partial charge in [-0.1, -0.05) is 24.3 Å². The number of benzene rings is 2. The summed E-state index contributed by atoms with van der Waals surface area (Å²) in [5.41, 5.74) is 6.97. The van der Waals surface area contributed by atoms with Crippen LogP contribution in [-0.4, -0.2) is 12.5 Å². The highest BCUT2D eigenvalue weighted by atomic mass is 19.1. The normalized spacial score (nSPS) is 11.4. The first kappa shape index (κ1) is 14.0. The zero-order chi connectivity index (χ0) is 14.4. The Morgan fingerprint density at radius 3 is 2.55 bits per heavy atom. The number of nitrogens with two attached hydrogens (primary N) is 1. The van der Waals surface area contributed by atoms with Crippen molar-refractivity contribution in [1.82, 2.24) is 0 Å². The summed E-state index contributed by atoms with van der Waals surface area (Å²) in [5, 5.41) is 2.93. The van der Waals surface area contributed by atoms with Gasteiger partial charge in [-0.3, -0.25) is 4.99 Å². The minimum atomic E-state index is -0.583. The zero-order valence-electron chi connectivity index (χ0n) is 10.8. The Balaban J connectivity index is 1.89. The third kappa shape index (κ3) is 4.05. The van der Waals surface area contributed by atoms with Gasteiger partial charge in [0.2, 0.25) is 0 Å². The molecule has 0 saturated carbocycles. The summed E-state index contributed by atoms with van der Waals surface area (Å²) >= 11 is 0. The highest BCUT2D eigenvalue weighted by Gasteiger charge is 2.03. The topological polar surface area (TPSA) is 50.4 Å². The first-order chi connectivity index (χ1) is 9.65. The Kier molecular flexibility index (Phi) is 4.65. The number of hydrogen-bond donors (Lipinski definition) is 2. The molecule has 0 aliphatic rings. The Morgan fingerprint density at radius 2 is 1.85 bits per heavy atom. The number of aliphatic imine (C=N–C) groups is 1. The largest absolute Gasteiger partial charge is 0.370 e. The fourth-order valence-electron chi connectivity index (χ4n) is 1.73. The molecule has 0 bridgehead atoms. The van der Waals surface area contributed by atoms with Crippen molar-refractivity contribution in [1.29, 1.82) is 0 Å². The number of anilines is 1. The molecule has 2 aromatic rings. The summed E-state index contributed by atoms with van der Waals surface area (Å²) in [6.45, 7) is 0.328. The smallest absolute Gasteiger partial charge is 0.193 e. The van der Waals surface area contributed by atoms with Crippen LogP contribution in [0.3, 0.4) is 0 Å². The number of hydrogen-bond acceptors (Lipinski definition) is 1. The van der Waals surface area contributed by atoms with Crippen LogP contribution in [0.25, 0.3) is 0 Å². The molecule has 0 aromatic heterocycles. The zero-order valence-corrected chi connectivity index (χ0v) is 10.8. The van der Waals surface area contributed by atoms with Gasteiger partial charge in [-0.15, -0.1) is 0 Å². The van der Waals surface area contributed by atoms with Gasteiger partial charge >= 0.3 is 0 Å². The second kappa shape index (κ2) is 6.65. The third-order valence-corrected chi connectivity index (χ3v) is 2.72. The minimum absolute atomic E-state index is 0.263. The van der Waals surface area contributed by atoms with E-state index < -0.39 is 11.6 Å². The molecule has 0 fully saturated rings. The van der Waals surface area contributed by atoms with E-state index in [4.69, 9.17) is 5.73 Å². The van der Waals surface area contributed by atoms with Crippen molar-refractivity contribution in [3.63, 3.8) is 0 Å². The molecule has 2 aromatic carbocycles. The van der Waals surface area contributed by atoms with Crippen molar-refractivity contribution in [3.8, 4) is 0 Å². The average Bonchev–Trinajstić information content (AvgIpc) is 2.42. The van der Waals surface area contributed by atoms with Crippen LogP contribution < -0.4 is 11.1 Å². The molecule has 0 saturated heterocycles. The van der Waals surface area contributed by atoms with Crippen LogP contribution >= 0.6 is 0 Å². The number of guanidine groups is 1. The summed E-state index contributed by atoms with van der Waals surface area (Å²) in [6, 6.07) is 12.9. The van der Waals surface area contributed by atoms with E-state index in [1.165, 1.54) is 12.1 Å². The highest BCUT2D eigenvalue weighted by Crippen LogP contribution is 2.10. The van der Waals surface area contributed by atoms with Crippen molar-refractivity contribution < 1.29 is 8.78 Å². The van der Waals surface area contributed by atoms with Gasteiger partial charge in [0.25, 0.3) is 0 Å². The van der Waals surface area contributed by atoms with Gasteiger partial charge in [0.15, 0.2) is 5.96 Å². The molecule has 0 aliphatic heterocycles. The van der Waals surface area contributed by atoms with Crippen LogP contribution in [0.2, 0.25) is 0 Å². The lowest BCUT2D eigenvalue weighted by Crippen LogP contribution is -2.23. The number of nitrogens with zero attached hydrogens (tertiary/aromatic N) is 1. The Labute approximate surface area is 116 Å². The lowest BCUT2D eigenvalue weighted by Gasteiger charge is -2.05. The Bertz CT molecular complexity index is 597. The molecule has 20 heavy (non-hydrogen) atoms. The lowest BCUT2D eigenvalue weighted by atomic mass is 10.1. The summed E-state index contributed by atoms with van der Waals surface area (Å²) < 4.78 is 26.1. The summed E-state index contributed by atoms with van der Waals surface area (Å²) in [5.74, 6) is -0.881. The van der Waals surface area contributed by atoms with Gasteiger partial charge in [-0.2, -0.15) is 0 Å². The second-order valence-electron chi connectivity index (χ2n) is 4.24. The number of para-hydroxylation sites is 1. The molecular weight excluding hydrogens is 260 g/mol. The Morgan fingerprint density at radius 1 is 1.10 bits per heavy atom. The molecule has 0 radical (unpaired) electrons. The van der Waals surface area contributed by atoms with Gasteiger partial charge in [0.05, 0.1) is 0 Å². The van der Waals surface area contributed by atoms with Crippen molar-refractivity contribution in [2.24, 2.45) is 10.7 Å². The number of rotatable bonds is 4. The Hall–Kier alpha value is -2.43. The predicted molar refractivity (Wildman–Crippen MR) is 76.6 cm³/mol. The minimum Gasteiger partial charge on any atom is -0.370 e. The van der Waals surface area contributed by atoms with Gasteiger partial charge in [-0.25, -0.2) is 8.78 Å². The van der Waals surface area contributed by atoms with Gasteiger partial charge in [0.1, 0.15) is 11.6 Å². The first-order valence-electron chi connectivity index (χ1n) is 6.21. The monoisotopic (exact) mass is 275 g/mol. The van der Waals surface area contributed by atoms with Crippen LogP contribution in [0.5, 0.6) is 0 Å². The van der Waals surface area contributed by atoms with Gasteiger partial charge in [-0.05, 0) is 30.2 Å². The molecular formula is C15H15F2N3. The fourth-order valence-corrected chi connectivity index (χ4v) is 1.73. The van der Waals surface area contributed by atoms with Crippen LogP contribution in [0, 0.1) is 11.6 Å². The molecule has 5 heteroatoms. The van der Waals surface area contributed by atoms with Crippen LogP contribution in [-0.2, 0) is 6.42 Å². The van der Waals surface area contributed by atoms with E-state index in [0.29, 0.717) is 18.5 Å². The van der Waals surface area contributed by atoms with E-state index in [1.807, 2.05) is 30.3 Å². The van der Waals surface area contributed by atoms with Crippen molar-refractivity contribution >= 4 is 11.6 Å². The highest BCUT2D eigenvalue weighted by molar-refractivity contribution is 5.92. The third-order valence-electron chi connectivity index (χ3n) is 2.72. The van der Waals surface area contributed by atoms with Crippen molar-refractivity contribution in [2.45, 2.75) is 6.42 Å². The number of halogens is 2. The maximum Gasteiger partial charge on any atom is 0.193 e. The van der Waals surface area contributed by atoms with E-state index in [2.05, 4.69) is 10.3 Å². The maximum absolute atomic E-state index is 13.4. The van der Waals surface area contributed by atoms with Gasteiger partial charge < -0.3 is 11.1 Å². The van der Waals surface area contributed by atoms with Crippen molar-refractivity contribution in [3.05, 3.63) is 65.7 Å². The second-order valence-corrected chi connectivity index (χ2v) is 4.24. The summed E-state index contributed by atoms with van der Waals surface area (Å²) in [7, 11) is 0. The molecule has 0 aliphatic carbocycles. The van der Waals surface area contributed by atoms with Crippen LogP contribution in [0.15, 0.2) is 53.5 Å². The van der Waals surface area contributed by atoms with E-state index in [-0.39, 0.29) is 5.96 Å². The van der Waals surface area contributed by atoms with E-state index in [1.54, 1.807) is 0 Å². The van der Waals surface area contributed by atoms with E-state index in [0.717, 1.165) is 11.8 Å². The number of nitrogens with one attached hydrogen (secondary N) is 1. The molecule has 0 spiro atoms. The molecule has 3 N–H and O–H groups in total. The molecule has 3 nitrogen and oxygen atoms in total. The molecule has 0 amide bonds. The summed E-state index contributed by atoms with van der Waals surface area (Å²) in [4.78, 5) is 4.10. The predicted octanol–water partition coefficient (Wildman–Crippen LogP) is 2.93.